The molecular formula is C11H14N2OS. The SMILES string of the molecule is CSC(C)CNc1nc2ccccc2o1. The van der Waals surface area contributed by atoms with Crippen LogP contribution >= 0.6 is 11.8 Å². The molecule has 1 aromatic heterocycles. The van der Waals surface area contributed by atoms with Gasteiger partial charge in [0.2, 0.25) is 0 Å². The first-order chi connectivity index (χ1) is 7.29. The third-order valence-corrected chi connectivity index (χ3v) is 3.21. The molecule has 2 rings (SSSR count). The lowest BCUT2D eigenvalue weighted by Crippen LogP contribution is -2.12. The first-order valence-electron chi connectivity index (χ1n) is 4.92. The molecule has 1 aromatic carbocycles. The minimum Gasteiger partial charge on any atom is -0.424 e. The number of rotatable bonds is 4. The molecule has 0 fully saturated rings. The number of nitrogens with zero attached hydrogens (tertiary/aromatic N) is 1. The van der Waals surface area contributed by atoms with Gasteiger partial charge in [-0.25, -0.2) is 0 Å². The molecule has 0 saturated heterocycles. The van der Waals surface area contributed by atoms with E-state index in [9.17, 15) is 0 Å². The van der Waals surface area contributed by atoms with E-state index in [1.807, 2.05) is 36.0 Å². The lowest BCUT2D eigenvalue weighted by molar-refractivity contribution is 0.614. The van der Waals surface area contributed by atoms with Gasteiger partial charge < -0.3 is 9.73 Å². The van der Waals surface area contributed by atoms with Gasteiger partial charge in [-0.3, -0.25) is 0 Å². The van der Waals surface area contributed by atoms with Gasteiger partial charge in [-0.1, -0.05) is 19.1 Å². The fourth-order valence-electron chi connectivity index (χ4n) is 1.26. The van der Waals surface area contributed by atoms with Gasteiger partial charge >= 0.3 is 0 Å². The average molecular weight is 222 g/mol. The summed E-state index contributed by atoms with van der Waals surface area (Å²) in [4.78, 5) is 4.33. The van der Waals surface area contributed by atoms with Crippen molar-refractivity contribution in [2.24, 2.45) is 0 Å². The lowest BCUT2D eigenvalue weighted by atomic mass is 10.3. The number of benzene rings is 1. The monoisotopic (exact) mass is 222 g/mol. The highest BCUT2D eigenvalue weighted by Gasteiger charge is 2.05. The maximum absolute atomic E-state index is 5.53. The zero-order chi connectivity index (χ0) is 10.7. The number of fused-ring (bicyclic) bond motifs is 1. The normalized spacial score (nSPS) is 12.9. The predicted octanol–water partition coefficient (Wildman–Crippen LogP) is 2.99. The van der Waals surface area contributed by atoms with Crippen molar-refractivity contribution in [3.8, 4) is 0 Å². The van der Waals surface area contributed by atoms with Crippen molar-refractivity contribution in [2.75, 3.05) is 18.1 Å². The highest BCUT2D eigenvalue weighted by Crippen LogP contribution is 2.18. The third-order valence-electron chi connectivity index (χ3n) is 2.24. The zero-order valence-corrected chi connectivity index (χ0v) is 9.67. The van der Waals surface area contributed by atoms with Gasteiger partial charge in [0.1, 0.15) is 5.52 Å². The number of para-hydroxylation sites is 2. The van der Waals surface area contributed by atoms with E-state index in [0.29, 0.717) is 11.3 Å². The molecule has 0 radical (unpaired) electrons. The maximum atomic E-state index is 5.53. The molecule has 0 aliphatic rings. The molecule has 15 heavy (non-hydrogen) atoms. The quantitative estimate of drug-likeness (QED) is 0.863. The first kappa shape index (κ1) is 10.4. The smallest absolute Gasteiger partial charge is 0.295 e. The number of nitrogens with one attached hydrogen (secondary N) is 1. The van der Waals surface area contributed by atoms with E-state index >= 15 is 0 Å². The summed E-state index contributed by atoms with van der Waals surface area (Å²) < 4.78 is 5.53. The Hall–Kier alpha value is -1.16. The molecule has 0 aliphatic heterocycles. The summed E-state index contributed by atoms with van der Waals surface area (Å²) in [6.45, 7) is 3.04. The molecule has 0 bridgehead atoms. The van der Waals surface area contributed by atoms with Crippen LogP contribution in [0.15, 0.2) is 28.7 Å². The van der Waals surface area contributed by atoms with E-state index in [2.05, 4.69) is 23.5 Å². The van der Waals surface area contributed by atoms with Crippen LogP contribution in [0.2, 0.25) is 0 Å². The predicted molar refractivity (Wildman–Crippen MR) is 65.5 cm³/mol. The molecule has 0 saturated carbocycles. The van der Waals surface area contributed by atoms with Crippen LogP contribution in [0.4, 0.5) is 6.01 Å². The molecule has 0 aliphatic carbocycles. The maximum Gasteiger partial charge on any atom is 0.295 e. The van der Waals surface area contributed by atoms with E-state index < -0.39 is 0 Å². The molecule has 1 unspecified atom stereocenters. The summed E-state index contributed by atoms with van der Waals surface area (Å²) in [5.74, 6) is 0. The fraction of sp³-hybridized carbons (Fsp3) is 0.364. The molecule has 1 atom stereocenters. The van der Waals surface area contributed by atoms with Crippen LogP contribution in [0.25, 0.3) is 11.1 Å². The van der Waals surface area contributed by atoms with Crippen molar-refractivity contribution >= 4 is 28.9 Å². The van der Waals surface area contributed by atoms with Crippen LogP contribution in [0, 0.1) is 0 Å². The summed E-state index contributed by atoms with van der Waals surface area (Å²) in [7, 11) is 0. The average Bonchev–Trinajstić information content (AvgIpc) is 2.68. The van der Waals surface area contributed by atoms with E-state index in [1.165, 1.54) is 0 Å². The van der Waals surface area contributed by atoms with Crippen molar-refractivity contribution in [1.82, 2.24) is 4.98 Å². The number of hydrogen-bond acceptors (Lipinski definition) is 4. The molecule has 4 heteroatoms. The molecule has 2 aromatic rings. The molecular weight excluding hydrogens is 208 g/mol. The van der Waals surface area contributed by atoms with Crippen molar-refractivity contribution in [3.63, 3.8) is 0 Å². The van der Waals surface area contributed by atoms with Crippen LogP contribution in [0.1, 0.15) is 6.92 Å². The van der Waals surface area contributed by atoms with Gasteiger partial charge in [0.15, 0.2) is 5.58 Å². The molecule has 1 N–H and O–H groups in total. The Morgan fingerprint density at radius 3 is 3.00 bits per heavy atom. The van der Waals surface area contributed by atoms with E-state index in [4.69, 9.17) is 4.42 Å². The number of oxazole rings is 1. The Kier molecular flexibility index (Phi) is 3.16. The molecule has 0 amide bonds. The van der Waals surface area contributed by atoms with E-state index in [1.54, 1.807) is 0 Å². The number of anilines is 1. The fourth-order valence-corrected chi connectivity index (χ4v) is 1.51. The topological polar surface area (TPSA) is 38.1 Å². The minimum atomic E-state index is 0.556. The van der Waals surface area contributed by atoms with Gasteiger partial charge in [0.25, 0.3) is 6.01 Å². The van der Waals surface area contributed by atoms with Crippen molar-refractivity contribution < 1.29 is 4.42 Å². The van der Waals surface area contributed by atoms with Crippen molar-refractivity contribution in [2.45, 2.75) is 12.2 Å². The standard InChI is InChI=1S/C11H14N2OS/c1-8(15-2)7-12-11-13-9-5-3-4-6-10(9)14-11/h3-6,8H,7H2,1-2H3,(H,12,13). The zero-order valence-electron chi connectivity index (χ0n) is 8.86. The molecule has 80 valence electrons. The molecule has 3 nitrogen and oxygen atoms in total. The number of aromatic nitrogens is 1. The van der Waals surface area contributed by atoms with E-state index in [0.717, 1.165) is 17.6 Å². The Balaban J connectivity index is 2.09. The van der Waals surface area contributed by atoms with Gasteiger partial charge in [-0.15, -0.1) is 0 Å². The third kappa shape index (κ3) is 2.45. The summed E-state index contributed by atoms with van der Waals surface area (Å²) in [5, 5.41) is 3.74. The van der Waals surface area contributed by atoms with Crippen molar-refractivity contribution in [1.29, 1.82) is 0 Å². The largest absolute Gasteiger partial charge is 0.424 e. The van der Waals surface area contributed by atoms with Gasteiger partial charge in [-0.2, -0.15) is 16.7 Å². The second-order valence-corrected chi connectivity index (χ2v) is 4.69. The highest BCUT2D eigenvalue weighted by molar-refractivity contribution is 7.99. The van der Waals surface area contributed by atoms with Crippen LogP contribution in [0.5, 0.6) is 0 Å². The van der Waals surface area contributed by atoms with Crippen molar-refractivity contribution in [3.05, 3.63) is 24.3 Å². The Morgan fingerprint density at radius 1 is 1.47 bits per heavy atom. The second-order valence-electron chi connectivity index (χ2n) is 3.41. The van der Waals surface area contributed by atoms with Gasteiger partial charge in [-0.05, 0) is 18.4 Å². The Bertz CT molecular complexity index is 408. The van der Waals surface area contributed by atoms with Crippen LogP contribution in [0.3, 0.4) is 0 Å². The van der Waals surface area contributed by atoms with Crippen LogP contribution in [-0.4, -0.2) is 23.0 Å². The van der Waals surface area contributed by atoms with Gasteiger partial charge in [0, 0.05) is 11.8 Å². The Labute approximate surface area is 93.3 Å². The molecule has 0 spiro atoms. The second kappa shape index (κ2) is 4.57. The highest BCUT2D eigenvalue weighted by atomic mass is 32.2. The van der Waals surface area contributed by atoms with Gasteiger partial charge in [0.05, 0.1) is 0 Å². The van der Waals surface area contributed by atoms with Crippen LogP contribution < -0.4 is 5.32 Å². The number of thioether (sulfide) groups is 1. The lowest BCUT2D eigenvalue weighted by Gasteiger charge is -2.06. The summed E-state index contributed by atoms with van der Waals surface area (Å²) in [5.41, 5.74) is 1.73. The van der Waals surface area contributed by atoms with E-state index in [-0.39, 0.29) is 0 Å². The Morgan fingerprint density at radius 2 is 2.27 bits per heavy atom. The molecule has 1 heterocycles. The number of hydrogen-bond donors (Lipinski definition) is 1. The van der Waals surface area contributed by atoms with Crippen LogP contribution in [-0.2, 0) is 0 Å². The summed E-state index contributed by atoms with van der Waals surface area (Å²) >= 11 is 1.82. The summed E-state index contributed by atoms with van der Waals surface area (Å²) in [6, 6.07) is 8.38. The first-order valence-corrected chi connectivity index (χ1v) is 6.20. The summed E-state index contributed by atoms with van der Waals surface area (Å²) in [6.07, 6.45) is 2.10. The minimum absolute atomic E-state index is 0.556.